The minimum absolute atomic E-state index is 0.0986. The number of rotatable bonds is 6. The van der Waals surface area contributed by atoms with Crippen molar-refractivity contribution in [3.05, 3.63) is 59.5 Å². The summed E-state index contributed by atoms with van der Waals surface area (Å²) < 4.78 is 12.2. The van der Waals surface area contributed by atoms with Gasteiger partial charge in [0.2, 0.25) is 5.82 Å². The van der Waals surface area contributed by atoms with E-state index in [9.17, 15) is 4.79 Å². The van der Waals surface area contributed by atoms with Crippen LogP contribution in [0.25, 0.3) is 22.4 Å². The van der Waals surface area contributed by atoms with Gasteiger partial charge in [0.05, 0.1) is 11.1 Å². The third-order valence-corrected chi connectivity index (χ3v) is 4.46. The number of carbonyl (C=O) groups is 1. The SMILES string of the molecule is CCc1ccc(-c2noc(COC(=O)c3ccc4c(c3)nnn4CC)n2)cc1. The molecule has 28 heavy (non-hydrogen) atoms. The third kappa shape index (κ3) is 3.48. The minimum Gasteiger partial charge on any atom is -0.452 e. The molecule has 0 fully saturated rings. The van der Waals surface area contributed by atoms with E-state index in [1.54, 1.807) is 22.9 Å². The van der Waals surface area contributed by atoms with Crippen LogP contribution in [0.3, 0.4) is 0 Å². The molecule has 2 aromatic heterocycles. The highest BCUT2D eigenvalue weighted by molar-refractivity contribution is 5.93. The molecule has 0 saturated heterocycles. The van der Waals surface area contributed by atoms with Gasteiger partial charge in [-0.05, 0) is 37.1 Å². The summed E-state index contributed by atoms with van der Waals surface area (Å²) in [6, 6.07) is 13.1. The van der Waals surface area contributed by atoms with E-state index in [0.717, 1.165) is 17.5 Å². The molecule has 0 aliphatic rings. The first-order chi connectivity index (χ1) is 13.7. The summed E-state index contributed by atoms with van der Waals surface area (Å²) >= 11 is 0. The molecule has 4 aromatic rings. The van der Waals surface area contributed by atoms with Crippen LogP contribution in [0.5, 0.6) is 0 Å². The molecule has 0 saturated carbocycles. The summed E-state index contributed by atoms with van der Waals surface area (Å²) in [6.45, 7) is 4.69. The Balaban J connectivity index is 1.43. The molecule has 0 aliphatic heterocycles. The fourth-order valence-corrected chi connectivity index (χ4v) is 2.86. The van der Waals surface area contributed by atoms with Gasteiger partial charge in [-0.15, -0.1) is 5.10 Å². The van der Waals surface area contributed by atoms with Crippen molar-refractivity contribution < 1.29 is 14.1 Å². The summed E-state index contributed by atoms with van der Waals surface area (Å²) in [7, 11) is 0. The lowest BCUT2D eigenvalue weighted by Crippen LogP contribution is -2.05. The first kappa shape index (κ1) is 17.8. The van der Waals surface area contributed by atoms with Gasteiger partial charge in [-0.2, -0.15) is 4.98 Å². The second-order valence-corrected chi connectivity index (χ2v) is 6.25. The number of esters is 1. The van der Waals surface area contributed by atoms with Crippen molar-refractivity contribution in [2.45, 2.75) is 33.4 Å². The van der Waals surface area contributed by atoms with Gasteiger partial charge in [-0.1, -0.05) is 41.6 Å². The lowest BCUT2D eigenvalue weighted by atomic mass is 10.1. The molecule has 0 radical (unpaired) electrons. The van der Waals surface area contributed by atoms with Crippen LogP contribution in [0.1, 0.15) is 35.7 Å². The molecule has 0 N–H and O–H groups in total. The van der Waals surface area contributed by atoms with Crippen LogP contribution in [-0.2, 0) is 24.3 Å². The van der Waals surface area contributed by atoms with Crippen molar-refractivity contribution in [3.63, 3.8) is 0 Å². The van der Waals surface area contributed by atoms with E-state index in [1.807, 2.05) is 31.2 Å². The molecular weight excluding hydrogens is 358 g/mol. The minimum atomic E-state index is -0.486. The van der Waals surface area contributed by atoms with Crippen molar-refractivity contribution in [1.82, 2.24) is 25.1 Å². The number of nitrogens with zero attached hydrogens (tertiary/aromatic N) is 5. The van der Waals surface area contributed by atoms with Crippen LogP contribution in [0.15, 0.2) is 47.0 Å². The fourth-order valence-electron chi connectivity index (χ4n) is 2.86. The van der Waals surface area contributed by atoms with E-state index >= 15 is 0 Å². The van der Waals surface area contributed by atoms with E-state index in [0.29, 0.717) is 23.4 Å². The second kappa shape index (κ2) is 7.59. The van der Waals surface area contributed by atoms with E-state index in [4.69, 9.17) is 9.26 Å². The number of aryl methyl sites for hydroxylation is 2. The molecule has 0 amide bonds. The second-order valence-electron chi connectivity index (χ2n) is 6.25. The lowest BCUT2D eigenvalue weighted by molar-refractivity contribution is 0.0430. The van der Waals surface area contributed by atoms with Crippen LogP contribution >= 0.6 is 0 Å². The lowest BCUT2D eigenvalue weighted by Gasteiger charge is -2.02. The molecule has 0 atom stereocenters. The fraction of sp³-hybridized carbons (Fsp3) is 0.250. The highest BCUT2D eigenvalue weighted by Crippen LogP contribution is 2.18. The summed E-state index contributed by atoms with van der Waals surface area (Å²) in [6.07, 6.45) is 0.967. The summed E-state index contributed by atoms with van der Waals surface area (Å²) in [5, 5.41) is 12.0. The maximum Gasteiger partial charge on any atom is 0.338 e. The highest BCUT2D eigenvalue weighted by Gasteiger charge is 2.14. The smallest absolute Gasteiger partial charge is 0.338 e. The Hall–Kier alpha value is -3.55. The molecule has 8 heteroatoms. The normalized spacial score (nSPS) is 11.1. The zero-order chi connectivity index (χ0) is 19.5. The predicted octanol–water partition coefficient (Wildman–Crippen LogP) is 3.42. The van der Waals surface area contributed by atoms with Crippen molar-refractivity contribution in [2.75, 3.05) is 0 Å². The number of aromatic nitrogens is 5. The van der Waals surface area contributed by atoms with Gasteiger partial charge in [0.1, 0.15) is 5.52 Å². The average Bonchev–Trinajstić information content (AvgIpc) is 3.38. The predicted molar refractivity (Wildman–Crippen MR) is 101 cm³/mol. The van der Waals surface area contributed by atoms with Gasteiger partial charge in [-0.3, -0.25) is 0 Å². The van der Waals surface area contributed by atoms with E-state index < -0.39 is 5.97 Å². The molecule has 142 valence electrons. The molecule has 0 bridgehead atoms. The maximum absolute atomic E-state index is 12.3. The van der Waals surface area contributed by atoms with Gasteiger partial charge in [0, 0.05) is 12.1 Å². The third-order valence-electron chi connectivity index (χ3n) is 4.46. The van der Waals surface area contributed by atoms with E-state index in [-0.39, 0.29) is 12.5 Å². The van der Waals surface area contributed by atoms with Gasteiger partial charge in [-0.25, -0.2) is 9.48 Å². The van der Waals surface area contributed by atoms with Crippen LogP contribution in [0.2, 0.25) is 0 Å². The van der Waals surface area contributed by atoms with Gasteiger partial charge in [0.15, 0.2) is 6.61 Å². The molecule has 8 nitrogen and oxygen atoms in total. The van der Waals surface area contributed by atoms with Crippen LogP contribution < -0.4 is 0 Å². The molecule has 0 spiro atoms. The molecule has 2 aromatic carbocycles. The largest absolute Gasteiger partial charge is 0.452 e. The van der Waals surface area contributed by atoms with E-state index in [2.05, 4.69) is 27.4 Å². The van der Waals surface area contributed by atoms with Crippen LogP contribution in [0, 0.1) is 0 Å². The summed E-state index contributed by atoms with van der Waals surface area (Å²) in [5.74, 6) is 0.215. The number of hydrogen-bond donors (Lipinski definition) is 0. The number of ether oxygens (including phenoxy) is 1. The monoisotopic (exact) mass is 377 g/mol. The molecular formula is C20H19N5O3. The van der Waals surface area contributed by atoms with Crippen molar-refractivity contribution in [1.29, 1.82) is 0 Å². The molecule has 0 aliphatic carbocycles. The Morgan fingerprint density at radius 1 is 1.14 bits per heavy atom. The molecule has 4 rings (SSSR count). The Labute approximate surface area is 161 Å². The van der Waals surface area contributed by atoms with Gasteiger partial charge >= 0.3 is 5.97 Å². The van der Waals surface area contributed by atoms with Crippen molar-refractivity contribution >= 4 is 17.0 Å². The van der Waals surface area contributed by atoms with Gasteiger partial charge in [0.25, 0.3) is 5.89 Å². The van der Waals surface area contributed by atoms with Gasteiger partial charge < -0.3 is 9.26 Å². The standard InChI is InChI=1S/C20H19N5O3/c1-3-13-5-7-14(8-6-13)19-21-18(28-23-19)12-27-20(26)15-9-10-17-16(11-15)22-24-25(17)4-2/h5-11H,3-4,12H2,1-2H3. The zero-order valence-electron chi connectivity index (χ0n) is 15.6. The van der Waals surface area contributed by atoms with E-state index in [1.165, 1.54) is 5.56 Å². The summed E-state index contributed by atoms with van der Waals surface area (Å²) in [5.41, 5.74) is 3.99. The Bertz CT molecular complexity index is 1110. The number of fused-ring (bicyclic) bond motifs is 1. The first-order valence-corrected chi connectivity index (χ1v) is 9.10. The van der Waals surface area contributed by atoms with Crippen molar-refractivity contribution in [2.24, 2.45) is 0 Å². The van der Waals surface area contributed by atoms with Crippen molar-refractivity contribution in [3.8, 4) is 11.4 Å². The Morgan fingerprint density at radius 3 is 2.71 bits per heavy atom. The number of benzene rings is 2. The zero-order valence-corrected chi connectivity index (χ0v) is 15.6. The molecule has 2 heterocycles. The topological polar surface area (TPSA) is 95.9 Å². The summed E-state index contributed by atoms with van der Waals surface area (Å²) in [4.78, 5) is 16.6. The first-order valence-electron chi connectivity index (χ1n) is 9.10. The number of hydrogen-bond acceptors (Lipinski definition) is 7. The highest BCUT2D eigenvalue weighted by atomic mass is 16.6. The quantitative estimate of drug-likeness (QED) is 0.475. The number of carbonyl (C=O) groups excluding carboxylic acids is 1. The average molecular weight is 377 g/mol. The van der Waals surface area contributed by atoms with Crippen LogP contribution in [0.4, 0.5) is 0 Å². The van der Waals surface area contributed by atoms with Crippen LogP contribution in [-0.4, -0.2) is 31.1 Å². The Kier molecular flexibility index (Phi) is 4.84. The molecule has 0 unspecified atom stereocenters. The Morgan fingerprint density at radius 2 is 1.96 bits per heavy atom. The maximum atomic E-state index is 12.3.